The quantitative estimate of drug-likeness (QED) is 0.511. The molecule has 0 saturated carbocycles. The first kappa shape index (κ1) is 13.9. The molecular weight excluding hydrogens is 256 g/mol. The molecule has 0 unspecified atom stereocenters. The topological polar surface area (TPSA) is 40.5 Å². The van der Waals surface area contributed by atoms with E-state index in [0.717, 1.165) is 24.5 Å². The lowest BCUT2D eigenvalue weighted by atomic mass is 10.0. The van der Waals surface area contributed by atoms with Crippen LogP contribution in [-0.4, -0.2) is 33.8 Å². The minimum Gasteiger partial charge on any atom is -0.348 e. The van der Waals surface area contributed by atoms with Crippen molar-refractivity contribution in [1.29, 1.82) is 0 Å². The van der Waals surface area contributed by atoms with Crippen LogP contribution >= 0.6 is 12.2 Å². The molecule has 1 fully saturated rings. The molecule has 1 aliphatic heterocycles. The Kier molecular flexibility index (Phi) is 4.85. The van der Waals surface area contributed by atoms with Crippen LogP contribution in [0.2, 0.25) is 0 Å². The van der Waals surface area contributed by atoms with Crippen molar-refractivity contribution in [3.8, 4) is 0 Å². The van der Waals surface area contributed by atoms with Crippen LogP contribution in [0.1, 0.15) is 32.4 Å². The highest BCUT2D eigenvalue weighted by Crippen LogP contribution is 2.15. The number of hydrogen-bond donors (Lipinski definition) is 1. The number of hydrazone groups is 1. The SMILES string of the molecule is C/C(=N/NC(=S)N1CCC[C@H](C)C1)c1ccccn1. The summed E-state index contributed by atoms with van der Waals surface area (Å²) in [7, 11) is 0. The normalized spacial score (nSPS) is 20.2. The van der Waals surface area contributed by atoms with Crippen LogP contribution in [0.5, 0.6) is 0 Å². The van der Waals surface area contributed by atoms with E-state index in [2.05, 4.69) is 27.3 Å². The van der Waals surface area contributed by atoms with Gasteiger partial charge in [0.2, 0.25) is 0 Å². The van der Waals surface area contributed by atoms with Gasteiger partial charge in [-0.3, -0.25) is 10.4 Å². The zero-order chi connectivity index (χ0) is 13.7. The van der Waals surface area contributed by atoms with Gasteiger partial charge < -0.3 is 4.90 Å². The highest BCUT2D eigenvalue weighted by molar-refractivity contribution is 7.80. The molecule has 5 heteroatoms. The molecule has 0 bridgehead atoms. The fraction of sp³-hybridized carbons (Fsp3) is 0.500. The van der Waals surface area contributed by atoms with Crippen molar-refractivity contribution in [2.24, 2.45) is 11.0 Å². The third kappa shape index (κ3) is 3.99. The van der Waals surface area contributed by atoms with Crippen molar-refractivity contribution < 1.29 is 0 Å². The maximum absolute atomic E-state index is 5.38. The van der Waals surface area contributed by atoms with E-state index in [4.69, 9.17) is 12.2 Å². The number of hydrogen-bond acceptors (Lipinski definition) is 3. The first-order valence-electron chi connectivity index (χ1n) is 6.67. The number of likely N-dealkylation sites (tertiary alicyclic amines) is 1. The lowest BCUT2D eigenvalue weighted by Crippen LogP contribution is -2.43. The third-order valence-electron chi connectivity index (χ3n) is 3.30. The molecule has 1 saturated heterocycles. The Hall–Kier alpha value is -1.49. The molecule has 0 amide bonds. The van der Waals surface area contributed by atoms with Crippen molar-refractivity contribution in [1.82, 2.24) is 15.3 Å². The Morgan fingerprint density at radius 2 is 2.37 bits per heavy atom. The Bertz CT molecular complexity index is 458. The van der Waals surface area contributed by atoms with Crippen molar-refractivity contribution >= 4 is 23.0 Å². The van der Waals surface area contributed by atoms with Crippen LogP contribution in [0.4, 0.5) is 0 Å². The number of pyridine rings is 1. The molecule has 1 aliphatic rings. The van der Waals surface area contributed by atoms with Gasteiger partial charge in [-0.05, 0) is 50.0 Å². The molecule has 1 atom stereocenters. The summed E-state index contributed by atoms with van der Waals surface area (Å²) in [5.41, 5.74) is 4.68. The lowest BCUT2D eigenvalue weighted by molar-refractivity contribution is 0.271. The first-order valence-corrected chi connectivity index (χ1v) is 7.08. The van der Waals surface area contributed by atoms with Gasteiger partial charge in [-0.15, -0.1) is 0 Å². The van der Waals surface area contributed by atoms with Gasteiger partial charge in [0, 0.05) is 19.3 Å². The van der Waals surface area contributed by atoms with Gasteiger partial charge in [0.15, 0.2) is 5.11 Å². The van der Waals surface area contributed by atoms with E-state index < -0.39 is 0 Å². The zero-order valence-corrected chi connectivity index (χ0v) is 12.3. The zero-order valence-electron chi connectivity index (χ0n) is 11.5. The molecule has 4 nitrogen and oxygen atoms in total. The summed E-state index contributed by atoms with van der Waals surface area (Å²) in [6.45, 7) is 6.23. The molecule has 0 aliphatic carbocycles. The number of nitrogens with zero attached hydrogens (tertiary/aromatic N) is 3. The smallest absolute Gasteiger partial charge is 0.189 e. The van der Waals surface area contributed by atoms with Crippen molar-refractivity contribution in [3.05, 3.63) is 30.1 Å². The average Bonchev–Trinajstić information content (AvgIpc) is 2.45. The molecule has 2 rings (SSSR count). The Morgan fingerprint density at radius 3 is 3.05 bits per heavy atom. The van der Waals surface area contributed by atoms with Gasteiger partial charge in [-0.1, -0.05) is 13.0 Å². The molecule has 0 spiro atoms. The van der Waals surface area contributed by atoms with Gasteiger partial charge in [-0.25, -0.2) is 0 Å². The second-order valence-corrected chi connectivity index (χ2v) is 5.41. The van der Waals surface area contributed by atoms with Crippen LogP contribution < -0.4 is 5.43 Å². The van der Waals surface area contributed by atoms with Gasteiger partial charge in [0.25, 0.3) is 0 Å². The van der Waals surface area contributed by atoms with Gasteiger partial charge in [0.1, 0.15) is 0 Å². The number of piperidine rings is 1. The highest BCUT2D eigenvalue weighted by atomic mass is 32.1. The molecule has 0 radical (unpaired) electrons. The summed E-state index contributed by atoms with van der Waals surface area (Å²) in [4.78, 5) is 6.45. The van der Waals surface area contributed by atoms with E-state index >= 15 is 0 Å². The third-order valence-corrected chi connectivity index (χ3v) is 3.65. The number of thiocarbonyl (C=S) groups is 1. The molecule has 2 heterocycles. The summed E-state index contributed by atoms with van der Waals surface area (Å²) in [6, 6.07) is 5.78. The highest BCUT2D eigenvalue weighted by Gasteiger charge is 2.18. The molecular formula is C14H20N4S. The predicted molar refractivity (Wildman–Crippen MR) is 82.2 cm³/mol. The monoisotopic (exact) mass is 276 g/mol. The fourth-order valence-electron chi connectivity index (χ4n) is 2.21. The average molecular weight is 276 g/mol. The van der Waals surface area contributed by atoms with E-state index in [1.165, 1.54) is 12.8 Å². The number of nitrogens with one attached hydrogen (secondary N) is 1. The van der Waals surface area contributed by atoms with Crippen LogP contribution in [0.25, 0.3) is 0 Å². The Balaban J connectivity index is 1.92. The van der Waals surface area contributed by atoms with Crippen LogP contribution in [0, 0.1) is 5.92 Å². The van der Waals surface area contributed by atoms with Crippen molar-refractivity contribution in [3.63, 3.8) is 0 Å². The van der Waals surface area contributed by atoms with E-state index in [-0.39, 0.29) is 0 Å². The second-order valence-electron chi connectivity index (χ2n) is 5.02. The molecule has 1 aromatic heterocycles. The van der Waals surface area contributed by atoms with Crippen LogP contribution in [0.3, 0.4) is 0 Å². The lowest BCUT2D eigenvalue weighted by Gasteiger charge is -2.32. The van der Waals surface area contributed by atoms with Gasteiger partial charge in [-0.2, -0.15) is 5.10 Å². The van der Waals surface area contributed by atoms with E-state index in [1.54, 1.807) is 6.20 Å². The van der Waals surface area contributed by atoms with Gasteiger partial charge >= 0.3 is 0 Å². The summed E-state index contributed by atoms with van der Waals surface area (Å²) < 4.78 is 0. The van der Waals surface area contributed by atoms with Crippen LogP contribution in [0.15, 0.2) is 29.5 Å². The number of rotatable bonds is 2. The van der Waals surface area contributed by atoms with Crippen molar-refractivity contribution in [2.75, 3.05) is 13.1 Å². The minimum absolute atomic E-state index is 0.703. The Labute approximate surface area is 119 Å². The van der Waals surface area contributed by atoms with E-state index in [0.29, 0.717) is 11.0 Å². The number of aromatic nitrogens is 1. The maximum Gasteiger partial charge on any atom is 0.189 e. The largest absolute Gasteiger partial charge is 0.348 e. The van der Waals surface area contributed by atoms with Crippen molar-refractivity contribution in [2.45, 2.75) is 26.7 Å². The summed E-state index contributed by atoms with van der Waals surface area (Å²) in [5.74, 6) is 0.703. The standard InChI is InChI=1S/C14H20N4S/c1-11-6-5-9-18(10-11)14(19)17-16-12(2)13-7-3-4-8-15-13/h3-4,7-8,11H,5-6,9-10H2,1-2H3,(H,17,19)/b16-12-/t11-/m0/s1. The molecule has 1 aromatic rings. The summed E-state index contributed by atoms with van der Waals surface area (Å²) >= 11 is 5.38. The second kappa shape index (κ2) is 6.61. The molecule has 0 aromatic carbocycles. The van der Waals surface area contributed by atoms with Crippen LogP contribution in [-0.2, 0) is 0 Å². The first-order chi connectivity index (χ1) is 9.16. The predicted octanol–water partition coefficient (Wildman–Crippen LogP) is 2.41. The molecule has 1 N–H and O–H groups in total. The summed E-state index contributed by atoms with van der Waals surface area (Å²) in [5, 5.41) is 5.03. The maximum atomic E-state index is 5.38. The Morgan fingerprint density at radius 1 is 1.53 bits per heavy atom. The molecule has 102 valence electrons. The molecule has 19 heavy (non-hydrogen) atoms. The summed E-state index contributed by atoms with van der Waals surface area (Å²) in [6.07, 6.45) is 4.25. The van der Waals surface area contributed by atoms with E-state index in [9.17, 15) is 0 Å². The minimum atomic E-state index is 0.703. The van der Waals surface area contributed by atoms with E-state index in [1.807, 2.05) is 25.1 Å². The fourth-order valence-corrected chi connectivity index (χ4v) is 2.42. The van der Waals surface area contributed by atoms with Gasteiger partial charge in [0.05, 0.1) is 11.4 Å².